The lowest BCUT2D eigenvalue weighted by Gasteiger charge is -2.32. The highest BCUT2D eigenvalue weighted by molar-refractivity contribution is 7.99. The van der Waals surface area contributed by atoms with Crippen molar-refractivity contribution in [2.75, 3.05) is 5.75 Å². The molecule has 4 nitrogen and oxygen atoms in total. The van der Waals surface area contributed by atoms with Crippen molar-refractivity contribution in [1.82, 2.24) is 10.2 Å². The minimum absolute atomic E-state index is 0.0427. The summed E-state index contributed by atoms with van der Waals surface area (Å²) in [5, 5.41) is 4.57. The Morgan fingerprint density at radius 2 is 1.49 bits per heavy atom. The van der Waals surface area contributed by atoms with Crippen molar-refractivity contribution in [2.24, 2.45) is 0 Å². The monoisotopic (exact) mass is 554 g/mol. The molecule has 3 aromatic carbocycles. The summed E-state index contributed by atoms with van der Waals surface area (Å²) in [4.78, 5) is 30.2. The lowest BCUT2D eigenvalue weighted by atomic mass is 10.0. The molecule has 3 aromatic rings. The molecule has 37 heavy (non-hydrogen) atoms. The number of nitrogens with zero attached hydrogens (tertiary/aromatic N) is 1. The average molecular weight is 556 g/mol. The van der Waals surface area contributed by atoms with Crippen LogP contribution in [0.1, 0.15) is 43.2 Å². The van der Waals surface area contributed by atoms with Crippen LogP contribution in [-0.2, 0) is 22.6 Å². The number of amides is 2. The second-order valence-corrected chi connectivity index (χ2v) is 11.4. The molecule has 7 heteroatoms. The Morgan fingerprint density at radius 1 is 0.865 bits per heavy atom. The van der Waals surface area contributed by atoms with Gasteiger partial charge in [0.1, 0.15) is 6.04 Å². The Labute approximate surface area is 233 Å². The summed E-state index contributed by atoms with van der Waals surface area (Å²) in [5.74, 6) is 0.488. The van der Waals surface area contributed by atoms with Gasteiger partial charge in [-0.3, -0.25) is 9.59 Å². The zero-order valence-corrected chi connectivity index (χ0v) is 23.1. The minimum atomic E-state index is -0.605. The number of halogens is 2. The Balaban J connectivity index is 1.55. The minimum Gasteiger partial charge on any atom is -0.352 e. The Hall–Kier alpha value is -2.47. The number of thioether (sulfide) groups is 1. The van der Waals surface area contributed by atoms with Crippen molar-refractivity contribution < 1.29 is 9.59 Å². The molecule has 1 aliphatic carbocycles. The molecule has 4 rings (SSSR count). The van der Waals surface area contributed by atoms with E-state index in [1.807, 2.05) is 78.9 Å². The maximum Gasteiger partial charge on any atom is 0.243 e. The van der Waals surface area contributed by atoms with Gasteiger partial charge in [-0.2, -0.15) is 0 Å². The first-order chi connectivity index (χ1) is 18.0. The van der Waals surface area contributed by atoms with E-state index in [2.05, 4.69) is 5.32 Å². The van der Waals surface area contributed by atoms with Crippen molar-refractivity contribution in [1.29, 1.82) is 0 Å². The maximum atomic E-state index is 13.7. The molecule has 0 saturated heterocycles. The molecule has 0 aliphatic heterocycles. The van der Waals surface area contributed by atoms with E-state index in [9.17, 15) is 9.59 Å². The quantitative estimate of drug-likeness (QED) is 0.255. The summed E-state index contributed by atoms with van der Waals surface area (Å²) in [6.07, 6.45) is 5.03. The molecule has 0 spiro atoms. The third-order valence-corrected chi connectivity index (χ3v) is 8.15. The van der Waals surface area contributed by atoms with Gasteiger partial charge in [-0.05, 0) is 60.4 Å². The van der Waals surface area contributed by atoms with Crippen molar-refractivity contribution in [3.8, 4) is 0 Å². The first kappa shape index (κ1) is 27.6. The number of nitrogens with one attached hydrogen (secondary N) is 1. The van der Waals surface area contributed by atoms with Gasteiger partial charge in [0.2, 0.25) is 11.8 Å². The van der Waals surface area contributed by atoms with Gasteiger partial charge < -0.3 is 10.2 Å². The van der Waals surface area contributed by atoms with Gasteiger partial charge in [0.15, 0.2) is 0 Å². The van der Waals surface area contributed by atoms with Gasteiger partial charge in [-0.1, -0.05) is 78.5 Å². The van der Waals surface area contributed by atoms with Crippen LogP contribution in [0.4, 0.5) is 0 Å². The summed E-state index contributed by atoms with van der Waals surface area (Å²) < 4.78 is 0. The average Bonchev–Trinajstić information content (AvgIpc) is 3.42. The molecule has 1 unspecified atom stereocenters. The zero-order chi connectivity index (χ0) is 26.0. The van der Waals surface area contributed by atoms with Crippen LogP contribution in [0.25, 0.3) is 0 Å². The van der Waals surface area contributed by atoms with Crippen LogP contribution in [0.2, 0.25) is 10.0 Å². The molecule has 1 aliphatic rings. The molecule has 1 N–H and O–H groups in total. The van der Waals surface area contributed by atoms with Crippen LogP contribution < -0.4 is 5.32 Å². The zero-order valence-electron chi connectivity index (χ0n) is 20.7. The highest BCUT2D eigenvalue weighted by atomic mass is 35.5. The maximum absolute atomic E-state index is 13.7. The molecular formula is C30H32Cl2N2O2S. The van der Waals surface area contributed by atoms with E-state index in [1.165, 1.54) is 0 Å². The summed E-state index contributed by atoms with van der Waals surface area (Å²) in [5.41, 5.74) is 1.97. The molecule has 1 saturated carbocycles. The first-order valence-corrected chi connectivity index (χ1v) is 14.5. The SMILES string of the molecule is O=C(NC1CCCC1)C(Cc1ccccc1)N(Cc1ccc(Cl)cc1)C(=O)CCSc1ccc(Cl)cc1. The smallest absolute Gasteiger partial charge is 0.243 e. The van der Waals surface area contributed by atoms with Gasteiger partial charge >= 0.3 is 0 Å². The van der Waals surface area contributed by atoms with Gasteiger partial charge in [0.05, 0.1) is 0 Å². The van der Waals surface area contributed by atoms with Crippen molar-refractivity contribution >= 4 is 46.8 Å². The molecular weight excluding hydrogens is 523 g/mol. The van der Waals surface area contributed by atoms with Gasteiger partial charge in [0.25, 0.3) is 0 Å². The summed E-state index contributed by atoms with van der Waals surface area (Å²) in [7, 11) is 0. The largest absolute Gasteiger partial charge is 0.352 e. The van der Waals surface area contributed by atoms with E-state index in [0.29, 0.717) is 35.2 Å². The molecule has 1 fully saturated rings. The summed E-state index contributed by atoms with van der Waals surface area (Å²) >= 11 is 13.7. The fraction of sp³-hybridized carbons (Fsp3) is 0.333. The highest BCUT2D eigenvalue weighted by Crippen LogP contribution is 2.24. The number of carbonyl (C=O) groups is 2. The van der Waals surface area contributed by atoms with Crippen molar-refractivity contribution in [3.05, 3.63) is 100 Å². The van der Waals surface area contributed by atoms with Crippen LogP contribution in [-0.4, -0.2) is 34.6 Å². The van der Waals surface area contributed by atoms with Crippen LogP contribution in [0.3, 0.4) is 0 Å². The van der Waals surface area contributed by atoms with E-state index < -0.39 is 6.04 Å². The first-order valence-electron chi connectivity index (χ1n) is 12.7. The number of benzene rings is 3. The van der Waals surface area contributed by atoms with Gasteiger partial charge in [-0.25, -0.2) is 0 Å². The van der Waals surface area contributed by atoms with Crippen LogP contribution in [0.15, 0.2) is 83.8 Å². The molecule has 0 radical (unpaired) electrons. The highest BCUT2D eigenvalue weighted by Gasteiger charge is 2.32. The van der Waals surface area contributed by atoms with E-state index in [0.717, 1.165) is 41.7 Å². The predicted molar refractivity (Wildman–Crippen MR) is 153 cm³/mol. The molecule has 194 valence electrons. The topological polar surface area (TPSA) is 49.4 Å². The van der Waals surface area contributed by atoms with Crippen LogP contribution in [0, 0.1) is 0 Å². The molecule has 0 aromatic heterocycles. The van der Waals surface area contributed by atoms with E-state index in [-0.39, 0.29) is 17.9 Å². The van der Waals surface area contributed by atoms with E-state index in [1.54, 1.807) is 16.7 Å². The Kier molecular flexibility index (Phi) is 10.4. The molecule has 1 atom stereocenters. The fourth-order valence-electron chi connectivity index (χ4n) is 4.64. The number of rotatable bonds is 11. The lowest BCUT2D eigenvalue weighted by Crippen LogP contribution is -2.52. The Morgan fingerprint density at radius 3 is 2.14 bits per heavy atom. The second kappa shape index (κ2) is 13.9. The second-order valence-electron chi connectivity index (χ2n) is 9.40. The summed E-state index contributed by atoms with van der Waals surface area (Å²) in [6.45, 7) is 0.344. The third kappa shape index (κ3) is 8.53. The van der Waals surface area contributed by atoms with Crippen molar-refractivity contribution in [2.45, 2.75) is 62.0 Å². The summed E-state index contributed by atoms with van der Waals surface area (Å²) in [6, 6.07) is 24.6. The normalized spacial score (nSPS) is 14.3. The number of hydrogen-bond donors (Lipinski definition) is 1. The number of carbonyl (C=O) groups excluding carboxylic acids is 2. The van der Waals surface area contributed by atoms with Gasteiger partial charge in [-0.15, -0.1) is 11.8 Å². The van der Waals surface area contributed by atoms with Gasteiger partial charge in [0, 0.05) is 46.1 Å². The number of hydrogen-bond acceptors (Lipinski definition) is 3. The van der Waals surface area contributed by atoms with Crippen LogP contribution in [0.5, 0.6) is 0 Å². The molecule has 0 heterocycles. The molecule has 2 amide bonds. The lowest BCUT2D eigenvalue weighted by molar-refractivity contribution is -0.141. The standard InChI is InChI=1S/C30H32Cl2N2O2S/c31-24-12-10-23(11-13-24)21-34(29(35)18-19-37-27-16-14-25(32)15-17-27)28(20-22-6-2-1-3-7-22)30(36)33-26-8-4-5-9-26/h1-3,6-7,10-17,26,28H,4-5,8-9,18-21H2,(H,33,36). The van der Waals surface area contributed by atoms with Crippen LogP contribution >= 0.6 is 35.0 Å². The Bertz CT molecular complexity index is 1150. The fourth-order valence-corrected chi connectivity index (χ4v) is 5.73. The van der Waals surface area contributed by atoms with E-state index >= 15 is 0 Å². The van der Waals surface area contributed by atoms with E-state index in [4.69, 9.17) is 23.2 Å². The third-order valence-electron chi connectivity index (χ3n) is 6.64. The molecule has 0 bridgehead atoms. The predicted octanol–water partition coefficient (Wildman–Crippen LogP) is 7.17. The van der Waals surface area contributed by atoms with Crippen molar-refractivity contribution in [3.63, 3.8) is 0 Å².